The molecule has 270 valence electrons. The lowest BCUT2D eigenvalue weighted by Crippen LogP contribution is -2.04. The highest BCUT2D eigenvalue weighted by Crippen LogP contribution is 2.42. The second-order valence-corrected chi connectivity index (χ2v) is 15.0. The number of hydrogen-bond donors (Lipinski definition) is 0. The summed E-state index contributed by atoms with van der Waals surface area (Å²) in [6.45, 7) is 0. The zero-order valence-electron chi connectivity index (χ0n) is 31.3. The van der Waals surface area contributed by atoms with Gasteiger partial charge in [-0.15, -0.1) is 0 Å². The number of furan rings is 1. The minimum absolute atomic E-state index is 0.630. The maximum atomic E-state index is 6.20. The molecular formula is C54H33N3O. The van der Waals surface area contributed by atoms with Crippen LogP contribution in [0, 0.1) is 0 Å². The Labute approximate surface area is 334 Å². The van der Waals surface area contributed by atoms with Crippen LogP contribution in [0.25, 0.3) is 116 Å². The zero-order valence-corrected chi connectivity index (χ0v) is 31.3. The molecule has 0 fully saturated rings. The monoisotopic (exact) mass is 739 g/mol. The Morgan fingerprint density at radius 2 is 0.879 bits per heavy atom. The van der Waals surface area contributed by atoms with Crippen molar-refractivity contribution in [3.05, 3.63) is 200 Å². The van der Waals surface area contributed by atoms with Crippen LogP contribution in [-0.4, -0.2) is 14.5 Å². The van der Waals surface area contributed by atoms with Crippen LogP contribution in [0.15, 0.2) is 205 Å². The van der Waals surface area contributed by atoms with Crippen LogP contribution in [0.3, 0.4) is 0 Å². The van der Waals surface area contributed by atoms with Gasteiger partial charge in [0.05, 0.1) is 22.4 Å². The Hall–Kier alpha value is -7.82. The Kier molecular flexibility index (Phi) is 7.20. The van der Waals surface area contributed by atoms with Gasteiger partial charge >= 0.3 is 0 Å². The highest BCUT2D eigenvalue weighted by atomic mass is 16.3. The van der Waals surface area contributed by atoms with Gasteiger partial charge in [-0.3, -0.25) is 4.57 Å². The smallest absolute Gasteiger partial charge is 0.235 e. The first-order valence-electron chi connectivity index (χ1n) is 19.6. The largest absolute Gasteiger partial charge is 0.456 e. The van der Waals surface area contributed by atoms with Crippen LogP contribution in [-0.2, 0) is 0 Å². The number of fused-ring (bicyclic) bond motifs is 3. The third-order valence-corrected chi connectivity index (χ3v) is 11.6. The van der Waals surface area contributed by atoms with E-state index in [1.54, 1.807) is 0 Å². The second kappa shape index (κ2) is 12.9. The minimum Gasteiger partial charge on any atom is -0.456 e. The average molecular weight is 740 g/mol. The lowest BCUT2D eigenvalue weighted by Gasteiger charge is -2.13. The molecule has 0 aliphatic rings. The number of hydrogen-bond acceptors (Lipinski definition) is 3. The van der Waals surface area contributed by atoms with E-state index in [0.717, 1.165) is 77.7 Å². The van der Waals surface area contributed by atoms with Crippen molar-refractivity contribution < 1.29 is 4.42 Å². The van der Waals surface area contributed by atoms with Crippen LogP contribution in [0.4, 0.5) is 0 Å². The minimum atomic E-state index is 0.630. The molecule has 12 aromatic rings. The Morgan fingerprint density at radius 3 is 1.57 bits per heavy atom. The number of para-hydroxylation sites is 1. The summed E-state index contributed by atoms with van der Waals surface area (Å²) in [6.07, 6.45) is 0. The van der Waals surface area contributed by atoms with E-state index in [4.69, 9.17) is 14.4 Å². The highest BCUT2D eigenvalue weighted by molar-refractivity contribution is 6.25. The van der Waals surface area contributed by atoms with Crippen molar-refractivity contribution in [3.63, 3.8) is 0 Å². The molecule has 0 saturated heterocycles. The average Bonchev–Trinajstić information content (AvgIpc) is 3.85. The van der Waals surface area contributed by atoms with Crippen LogP contribution < -0.4 is 0 Å². The van der Waals surface area contributed by atoms with E-state index in [2.05, 4.69) is 193 Å². The molecule has 3 heterocycles. The van der Waals surface area contributed by atoms with Crippen LogP contribution >= 0.6 is 0 Å². The molecule has 0 amide bonds. The van der Waals surface area contributed by atoms with Gasteiger partial charge in [0.15, 0.2) is 0 Å². The van der Waals surface area contributed by atoms with E-state index in [1.165, 1.54) is 32.7 Å². The number of nitrogens with zero attached hydrogens (tertiary/aromatic N) is 3. The fourth-order valence-corrected chi connectivity index (χ4v) is 8.74. The van der Waals surface area contributed by atoms with Crippen molar-refractivity contribution in [2.24, 2.45) is 0 Å². The van der Waals surface area contributed by atoms with Gasteiger partial charge in [-0.05, 0) is 86.6 Å². The van der Waals surface area contributed by atoms with Gasteiger partial charge in [0.1, 0.15) is 11.2 Å². The van der Waals surface area contributed by atoms with E-state index < -0.39 is 0 Å². The van der Waals surface area contributed by atoms with Crippen molar-refractivity contribution in [3.8, 4) is 61.8 Å². The van der Waals surface area contributed by atoms with E-state index in [1.807, 2.05) is 12.1 Å². The first-order valence-corrected chi connectivity index (χ1v) is 19.6. The normalized spacial score (nSPS) is 11.8. The molecule has 0 N–H and O–H groups in total. The summed E-state index contributed by atoms with van der Waals surface area (Å²) in [5, 5.41) is 7.02. The molecule has 4 heteroatoms. The van der Waals surface area contributed by atoms with Crippen molar-refractivity contribution in [2.45, 2.75) is 0 Å². The fraction of sp³-hybridized carbons (Fsp3) is 0. The summed E-state index contributed by atoms with van der Waals surface area (Å²) in [4.78, 5) is 10.8. The van der Waals surface area contributed by atoms with Crippen molar-refractivity contribution in [1.82, 2.24) is 14.5 Å². The summed E-state index contributed by atoms with van der Waals surface area (Å²) >= 11 is 0. The predicted octanol–water partition coefficient (Wildman–Crippen LogP) is 14.4. The molecule has 0 bridgehead atoms. The molecule has 0 unspecified atom stereocenters. The van der Waals surface area contributed by atoms with Crippen molar-refractivity contribution in [1.29, 1.82) is 0 Å². The molecular weight excluding hydrogens is 707 g/mol. The van der Waals surface area contributed by atoms with Crippen molar-refractivity contribution in [2.75, 3.05) is 0 Å². The third-order valence-electron chi connectivity index (χ3n) is 11.6. The number of benzene rings is 9. The Balaban J connectivity index is 1.08. The predicted molar refractivity (Wildman–Crippen MR) is 240 cm³/mol. The topological polar surface area (TPSA) is 43.9 Å². The number of aromatic nitrogens is 3. The molecule has 0 saturated carbocycles. The van der Waals surface area contributed by atoms with Crippen molar-refractivity contribution >= 4 is 54.5 Å². The summed E-state index contributed by atoms with van der Waals surface area (Å²) in [7, 11) is 0. The molecule has 9 aromatic carbocycles. The summed E-state index contributed by atoms with van der Waals surface area (Å²) in [6, 6.07) is 70.9. The van der Waals surface area contributed by atoms with E-state index in [9.17, 15) is 0 Å². The standard InChI is InChI=1S/C54H33N3O/c1-3-10-34(11-4-1)36-18-22-38(23-19-36)46-33-47(39-24-20-37(21-25-39)35-12-5-2-6-13-35)56-54(55-46)57-48-16-9-14-40-26-27-42-30-43(32-49(57)53(42)52(40)48)41-28-29-51-45(31-41)44-15-7-8-17-50(44)58-51/h1-33H. The van der Waals surface area contributed by atoms with Crippen LogP contribution in [0.2, 0.25) is 0 Å². The number of rotatable bonds is 6. The van der Waals surface area contributed by atoms with E-state index >= 15 is 0 Å². The molecule has 0 atom stereocenters. The van der Waals surface area contributed by atoms with E-state index in [-0.39, 0.29) is 0 Å². The SMILES string of the molecule is c1ccc(-c2ccc(-c3cc(-c4ccc(-c5ccccc5)cc4)nc(-n4c5cccc6ccc7cc(-c8ccc9oc%10ccccc%10c9c8)cc4c7c65)n3)cc2)cc1. The van der Waals surface area contributed by atoms with Gasteiger partial charge in [-0.1, -0.05) is 158 Å². The molecule has 3 aromatic heterocycles. The Morgan fingerprint density at radius 1 is 0.328 bits per heavy atom. The van der Waals surface area contributed by atoms with Gasteiger partial charge in [0.2, 0.25) is 5.95 Å². The Bertz CT molecular complexity index is 3370. The maximum Gasteiger partial charge on any atom is 0.235 e. The molecule has 4 nitrogen and oxygen atoms in total. The fourth-order valence-electron chi connectivity index (χ4n) is 8.74. The van der Waals surface area contributed by atoms with Crippen LogP contribution in [0.1, 0.15) is 0 Å². The molecule has 0 aliphatic carbocycles. The quantitative estimate of drug-likeness (QED) is 0.160. The first kappa shape index (κ1) is 32.4. The summed E-state index contributed by atoms with van der Waals surface area (Å²) in [5.74, 6) is 0.630. The second-order valence-electron chi connectivity index (χ2n) is 15.0. The lowest BCUT2D eigenvalue weighted by atomic mass is 9.96. The molecule has 0 aliphatic heterocycles. The van der Waals surface area contributed by atoms with Gasteiger partial charge in [-0.25, -0.2) is 9.97 Å². The van der Waals surface area contributed by atoms with Gasteiger partial charge in [0.25, 0.3) is 0 Å². The molecule has 0 radical (unpaired) electrons. The van der Waals surface area contributed by atoms with Gasteiger partial charge in [0, 0.05) is 32.7 Å². The highest BCUT2D eigenvalue weighted by Gasteiger charge is 2.21. The lowest BCUT2D eigenvalue weighted by molar-refractivity contribution is 0.669. The van der Waals surface area contributed by atoms with Gasteiger partial charge < -0.3 is 4.42 Å². The molecule has 12 rings (SSSR count). The molecule has 0 spiro atoms. The third kappa shape index (κ3) is 5.23. The molecule has 58 heavy (non-hydrogen) atoms. The zero-order chi connectivity index (χ0) is 38.2. The first-order chi connectivity index (χ1) is 28.7. The maximum absolute atomic E-state index is 6.20. The van der Waals surface area contributed by atoms with Crippen LogP contribution in [0.5, 0.6) is 0 Å². The summed E-state index contributed by atoms with van der Waals surface area (Å²) in [5.41, 5.74) is 14.6. The summed E-state index contributed by atoms with van der Waals surface area (Å²) < 4.78 is 8.47. The van der Waals surface area contributed by atoms with Gasteiger partial charge in [-0.2, -0.15) is 0 Å². The van der Waals surface area contributed by atoms with E-state index in [0.29, 0.717) is 5.95 Å².